The summed E-state index contributed by atoms with van der Waals surface area (Å²) < 4.78 is 0. The highest BCUT2D eigenvalue weighted by Crippen LogP contribution is 2.41. The summed E-state index contributed by atoms with van der Waals surface area (Å²) >= 11 is 0. The molecule has 0 saturated heterocycles. The third-order valence-electron chi connectivity index (χ3n) is 3.71. The SMILES string of the molecule is CCCNc1cccc(NC2CC2CCC)c1[N+](=O)[O-]. The molecule has 2 unspecified atom stereocenters. The number of hydrogen-bond donors (Lipinski definition) is 2. The van der Waals surface area contributed by atoms with Gasteiger partial charge in [-0.1, -0.05) is 26.3 Å². The summed E-state index contributed by atoms with van der Waals surface area (Å²) in [6.45, 7) is 4.96. The first-order valence-electron chi connectivity index (χ1n) is 7.45. The first kappa shape index (κ1) is 14.6. The predicted molar refractivity (Wildman–Crippen MR) is 82.3 cm³/mol. The average Bonchev–Trinajstić information content (AvgIpc) is 3.14. The summed E-state index contributed by atoms with van der Waals surface area (Å²) in [5, 5.41) is 17.8. The average molecular weight is 277 g/mol. The molecule has 0 amide bonds. The molecule has 2 rings (SSSR count). The Balaban J connectivity index is 2.13. The first-order valence-corrected chi connectivity index (χ1v) is 7.45. The molecule has 5 heteroatoms. The van der Waals surface area contributed by atoms with Crippen molar-refractivity contribution in [3.8, 4) is 0 Å². The number of nitro benzene ring substituents is 1. The topological polar surface area (TPSA) is 67.2 Å². The minimum atomic E-state index is -0.294. The fraction of sp³-hybridized carbons (Fsp3) is 0.600. The molecule has 110 valence electrons. The van der Waals surface area contributed by atoms with Crippen LogP contribution in [0.15, 0.2) is 18.2 Å². The van der Waals surface area contributed by atoms with Crippen LogP contribution in [0.4, 0.5) is 17.1 Å². The molecule has 2 N–H and O–H groups in total. The van der Waals surface area contributed by atoms with Gasteiger partial charge >= 0.3 is 5.69 Å². The number of rotatable bonds is 8. The van der Waals surface area contributed by atoms with E-state index in [2.05, 4.69) is 17.6 Å². The Bertz CT molecular complexity index is 476. The summed E-state index contributed by atoms with van der Waals surface area (Å²) in [4.78, 5) is 11.0. The van der Waals surface area contributed by atoms with Gasteiger partial charge in [0.15, 0.2) is 0 Å². The summed E-state index contributed by atoms with van der Waals surface area (Å²) in [7, 11) is 0. The van der Waals surface area contributed by atoms with Crippen molar-refractivity contribution < 1.29 is 4.92 Å². The van der Waals surface area contributed by atoms with Crippen LogP contribution in [0.3, 0.4) is 0 Å². The summed E-state index contributed by atoms with van der Waals surface area (Å²) in [6, 6.07) is 5.84. The quantitative estimate of drug-likeness (QED) is 0.556. The lowest BCUT2D eigenvalue weighted by Gasteiger charge is -2.11. The Morgan fingerprint density at radius 2 is 2.05 bits per heavy atom. The van der Waals surface area contributed by atoms with Crippen LogP contribution in [0, 0.1) is 16.0 Å². The zero-order valence-electron chi connectivity index (χ0n) is 12.2. The predicted octanol–water partition coefficient (Wildman–Crippen LogP) is 4.02. The van der Waals surface area contributed by atoms with Crippen molar-refractivity contribution in [1.29, 1.82) is 0 Å². The van der Waals surface area contributed by atoms with Gasteiger partial charge in [0.05, 0.1) is 4.92 Å². The Morgan fingerprint density at radius 1 is 1.30 bits per heavy atom. The second-order valence-electron chi connectivity index (χ2n) is 5.42. The van der Waals surface area contributed by atoms with E-state index in [9.17, 15) is 10.1 Å². The molecular weight excluding hydrogens is 254 g/mol. The minimum absolute atomic E-state index is 0.170. The number of anilines is 2. The van der Waals surface area contributed by atoms with Crippen molar-refractivity contribution in [3.63, 3.8) is 0 Å². The van der Waals surface area contributed by atoms with Crippen LogP contribution in [0.25, 0.3) is 0 Å². The van der Waals surface area contributed by atoms with Crippen LogP contribution in [0.1, 0.15) is 39.5 Å². The highest BCUT2D eigenvalue weighted by molar-refractivity contribution is 5.76. The summed E-state index contributed by atoms with van der Waals surface area (Å²) in [5.74, 6) is 0.673. The molecule has 20 heavy (non-hydrogen) atoms. The highest BCUT2D eigenvalue weighted by atomic mass is 16.6. The van der Waals surface area contributed by atoms with E-state index >= 15 is 0 Å². The second kappa shape index (κ2) is 6.59. The van der Waals surface area contributed by atoms with Crippen LogP contribution in [-0.4, -0.2) is 17.5 Å². The van der Waals surface area contributed by atoms with Crippen LogP contribution < -0.4 is 10.6 Å². The maximum Gasteiger partial charge on any atom is 0.315 e. The van der Waals surface area contributed by atoms with E-state index in [4.69, 9.17) is 0 Å². The van der Waals surface area contributed by atoms with Crippen molar-refractivity contribution in [2.24, 2.45) is 5.92 Å². The molecule has 0 heterocycles. The number of hydrogen-bond acceptors (Lipinski definition) is 4. The van der Waals surface area contributed by atoms with Crippen LogP contribution in [-0.2, 0) is 0 Å². The third-order valence-corrected chi connectivity index (χ3v) is 3.71. The molecule has 0 radical (unpaired) electrons. The zero-order valence-corrected chi connectivity index (χ0v) is 12.2. The van der Waals surface area contributed by atoms with Gasteiger partial charge in [-0.15, -0.1) is 0 Å². The van der Waals surface area contributed by atoms with Gasteiger partial charge < -0.3 is 10.6 Å². The molecule has 0 bridgehead atoms. The molecular formula is C15H23N3O2. The Kier molecular flexibility index (Phi) is 4.82. The molecule has 0 aliphatic heterocycles. The van der Waals surface area contributed by atoms with Gasteiger partial charge in [-0.05, 0) is 37.3 Å². The van der Waals surface area contributed by atoms with Gasteiger partial charge in [0.1, 0.15) is 11.4 Å². The fourth-order valence-corrected chi connectivity index (χ4v) is 2.57. The number of nitro groups is 1. The maximum atomic E-state index is 11.3. The van der Waals surface area contributed by atoms with E-state index in [0.29, 0.717) is 23.3 Å². The van der Waals surface area contributed by atoms with Gasteiger partial charge in [-0.3, -0.25) is 10.1 Å². The van der Waals surface area contributed by atoms with E-state index in [1.807, 2.05) is 13.0 Å². The van der Waals surface area contributed by atoms with Gasteiger partial charge in [0, 0.05) is 12.6 Å². The largest absolute Gasteiger partial charge is 0.379 e. The van der Waals surface area contributed by atoms with E-state index in [1.54, 1.807) is 12.1 Å². The summed E-state index contributed by atoms with van der Waals surface area (Å²) in [6.07, 6.45) is 4.43. The van der Waals surface area contributed by atoms with Crippen LogP contribution >= 0.6 is 0 Å². The lowest BCUT2D eigenvalue weighted by Crippen LogP contribution is -2.09. The van der Waals surface area contributed by atoms with Crippen LogP contribution in [0.2, 0.25) is 0 Å². The van der Waals surface area contributed by atoms with E-state index in [-0.39, 0.29) is 10.6 Å². The normalized spacial score (nSPS) is 20.5. The molecule has 1 aromatic carbocycles. The van der Waals surface area contributed by atoms with E-state index in [1.165, 1.54) is 12.8 Å². The third kappa shape index (κ3) is 3.40. The second-order valence-corrected chi connectivity index (χ2v) is 5.42. The molecule has 5 nitrogen and oxygen atoms in total. The molecule has 1 fully saturated rings. The van der Waals surface area contributed by atoms with Gasteiger partial charge in [-0.25, -0.2) is 0 Å². The standard InChI is InChI=1S/C15H23N3O2/c1-3-6-11-10-14(11)17-13-8-5-7-12(16-9-4-2)15(13)18(19)20/h5,7-8,11,14,16-17H,3-4,6,9-10H2,1-2H3. The Labute approximate surface area is 119 Å². The van der Waals surface area contributed by atoms with Crippen LogP contribution in [0.5, 0.6) is 0 Å². The molecule has 0 spiro atoms. The van der Waals surface area contributed by atoms with Crippen molar-refractivity contribution >= 4 is 17.1 Å². The number of benzene rings is 1. The van der Waals surface area contributed by atoms with Crippen molar-refractivity contribution in [2.45, 2.75) is 45.6 Å². The van der Waals surface area contributed by atoms with E-state index in [0.717, 1.165) is 19.4 Å². The smallest absolute Gasteiger partial charge is 0.315 e. The van der Waals surface area contributed by atoms with Gasteiger partial charge in [0.2, 0.25) is 0 Å². The summed E-state index contributed by atoms with van der Waals surface area (Å²) in [5.41, 5.74) is 1.41. The maximum absolute atomic E-state index is 11.3. The van der Waals surface area contributed by atoms with E-state index < -0.39 is 0 Å². The van der Waals surface area contributed by atoms with Crippen molar-refractivity contribution in [1.82, 2.24) is 0 Å². The van der Waals surface area contributed by atoms with Crippen molar-refractivity contribution in [2.75, 3.05) is 17.2 Å². The minimum Gasteiger partial charge on any atom is -0.379 e. The molecule has 2 atom stereocenters. The van der Waals surface area contributed by atoms with Gasteiger partial charge in [-0.2, -0.15) is 0 Å². The lowest BCUT2D eigenvalue weighted by atomic mass is 10.2. The first-order chi connectivity index (χ1) is 9.67. The number of para-hydroxylation sites is 1. The molecule has 1 aliphatic carbocycles. The molecule has 0 aromatic heterocycles. The molecule has 1 saturated carbocycles. The van der Waals surface area contributed by atoms with Crippen molar-refractivity contribution in [3.05, 3.63) is 28.3 Å². The fourth-order valence-electron chi connectivity index (χ4n) is 2.57. The number of nitrogens with zero attached hydrogens (tertiary/aromatic N) is 1. The zero-order chi connectivity index (χ0) is 14.5. The lowest BCUT2D eigenvalue weighted by molar-refractivity contribution is -0.383. The molecule has 1 aromatic rings. The monoisotopic (exact) mass is 277 g/mol. The highest BCUT2D eigenvalue weighted by Gasteiger charge is 2.37. The Morgan fingerprint density at radius 3 is 2.70 bits per heavy atom. The van der Waals surface area contributed by atoms with Gasteiger partial charge in [0.25, 0.3) is 0 Å². The number of nitrogens with one attached hydrogen (secondary N) is 2. The molecule has 1 aliphatic rings. The Hall–Kier alpha value is -1.78.